The number of carbonyl (C=O) groups excluding carboxylic acids is 2. The second-order valence-corrected chi connectivity index (χ2v) is 4.64. The first kappa shape index (κ1) is 15.6. The highest BCUT2D eigenvalue weighted by molar-refractivity contribution is 6.03. The Hall–Kier alpha value is -2.76. The average molecular weight is 304 g/mol. The van der Waals surface area contributed by atoms with Gasteiger partial charge in [-0.3, -0.25) is 9.59 Å². The monoisotopic (exact) mass is 304 g/mol. The molecule has 2 aromatic carbocycles. The van der Waals surface area contributed by atoms with Crippen molar-refractivity contribution in [2.75, 3.05) is 5.32 Å². The standard InChI is InChI=1S/C16H14F2N2O2/c17-12-6-4-11(5-7-12)10-19-15(21)9-16(22)20-14-3-1-2-13(18)8-14/h1-8H,9-10H2,(H,19,21)(H,20,22). The second-order valence-electron chi connectivity index (χ2n) is 4.64. The van der Waals surface area contributed by atoms with Crippen molar-refractivity contribution in [3.8, 4) is 0 Å². The van der Waals surface area contributed by atoms with Crippen LogP contribution in [0.5, 0.6) is 0 Å². The van der Waals surface area contributed by atoms with Gasteiger partial charge in [-0.2, -0.15) is 0 Å². The molecule has 22 heavy (non-hydrogen) atoms. The molecule has 0 atom stereocenters. The molecule has 2 amide bonds. The quantitative estimate of drug-likeness (QED) is 0.834. The fourth-order valence-corrected chi connectivity index (χ4v) is 1.78. The molecule has 0 radical (unpaired) electrons. The summed E-state index contributed by atoms with van der Waals surface area (Å²) in [6, 6.07) is 11.1. The third-order valence-corrected chi connectivity index (χ3v) is 2.83. The summed E-state index contributed by atoms with van der Waals surface area (Å²) in [5.41, 5.74) is 1.01. The summed E-state index contributed by atoms with van der Waals surface area (Å²) in [6.07, 6.45) is -0.377. The van der Waals surface area contributed by atoms with E-state index in [0.29, 0.717) is 0 Å². The fourth-order valence-electron chi connectivity index (χ4n) is 1.78. The molecule has 6 heteroatoms. The molecule has 114 valence electrons. The van der Waals surface area contributed by atoms with Gasteiger partial charge < -0.3 is 10.6 Å². The third kappa shape index (κ3) is 4.97. The van der Waals surface area contributed by atoms with Crippen LogP contribution in [0.15, 0.2) is 48.5 Å². The highest BCUT2D eigenvalue weighted by atomic mass is 19.1. The first-order chi connectivity index (χ1) is 10.5. The van der Waals surface area contributed by atoms with Gasteiger partial charge in [0.2, 0.25) is 11.8 Å². The SMILES string of the molecule is O=C(CC(=O)Nc1cccc(F)c1)NCc1ccc(F)cc1. The van der Waals surface area contributed by atoms with Crippen molar-refractivity contribution in [1.29, 1.82) is 0 Å². The van der Waals surface area contributed by atoms with E-state index < -0.39 is 17.6 Å². The number of carbonyl (C=O) groups is 2. The smallest absolute Gasteiger partial charge is 0.233 e. The minimum atomic E-state index is -0.540. The van der Waals surface area contributed by atoms with Crippen molar-refractivity contribution < 1.29 is 18.4 Å². The molecule has 2 rings (SSSR count). The van der Waals surface area contributed by atoms with E-state index in [1.54, 1.807) is 12.1 Å². The summed E-state index contributed by atoms with van der Waals surface area (Å²) >= 11 is 0. The van der Waals surface area contributed by atoms with Crippen LogP contribution in [0.4, 0.5) is 14.5 Å². The highest BCUT2D eigenvalue weighted by Crippen LogP contribution is 2.09. The Morgan fingerprint density at radius 2 is 1.64 bits per heavy atom. The number of hydrogen-bond donors (Lipinski definition) is 2. The lowest BCUT2D eigenvalue weighted by Crippen LogP contribution is -2.27. The van der Waals surface area contributed by atoms with Crippen molar-refractivity contribution in [1.82, 2.24) is 5.32 Å². The van der Waals surface area contributed by atoms with Crippen LogP contribution in [-0.2, 0) is 16.1 Å². The number of rotatable bonds is 5. The Balaban J connectivity index is 1.79. The van der Waals surface area contributed by atoms with E-state index in [2.05, 4.69) is 10.6 Å². The first-order valence-electron chi connectivity index (χ1n) is 6.59. The van der Waals surface area contributed by atoms with Crippen molar-refractivity contribution in [3.63, 3.8) is 0 Å². The zero-order chi connectivity index (χ0) is 15.9. The molecule has 0 unspecified atom stereocenters. The molecule has 0 saturated carbocycles. The molecule has 0 heterocycles. The van der Waals surface area contributed by atoms with Gasteiger partial charge in [0.15, 0.2) is 0 Å². The van der Waals surface area contributed by atoms with Crippen LogP contribution in [0.25, 0.3) is 0 Å². The average Bonchev–Trinajstić information content (AvgIpc) is 2.46. The molecule has 2 aromatic rings. The first-order valence-corrected chi connectivity index (χ1v) is 6.59. The zero-order valence-electron chi connectivity index (χ0n) is 11.6. The molecular formula is C16H14F2N2O2. The summed E-state index contributed by atoms with van der Waals surface area (Å²) in [5.74, 6) is -1.84. The number of amides is 2. The van der Waals surface area contributed by atoms with E-state index in [4.69, 9.17) is 0 Å². The van der Waals surface area contributed by atoms with E-state index in [1.165, 1.54) is 30.3 Å². The fraction of sp³-hybridized carbons (Fsp3) is 0.125. The van der Waals surface area contributed by atoms with Crippen LogP contribution >= 0.6 is 0 Å². The molecule has 2 N–H and O–H groups in total. The number of benzene rings is 2. The maximum atomic E-state index is 13.0. The molecule has 0 fully saturated rings. The van der Waals surface area contributed by atoms with Crippen LogP contribution in [0, 0.1) is 11.6 Å². The lowest BCUT2D eigenvalue weighted by molar-refractivity contribution is -0.126. The van der Waals surface area contributed by atoms with Crippen molar-refractivity contribution in [2.24, 2.45) is 0 Å². The molecule has 0 aliphatic rings. The van der Waals surface area contributed by atoms with Crippen LogP contribution in [0.1, 0.15) is 12.0 Å². The highest BCUT2D eigenvalue weighted by Gasteiger charge is 2.09. The largest absolute Gasteiger partial charge is 0.352 e. The normalized spacial score (nSPS) is 10.1. The van der Waals surface area contributed by atoms with E-state index in [0.717, 1.165) is 11.6 Å². The predicted molar refractivity (Wildman–Crippen MR) is 77.9 cm³/mol. The predicted octanol–water partition coefficient (Wildman–Crippen LogP) is 2.61. The molecule has 4 nitrogen and oxygen atoms in total. The molecule has 0 saturated heterocycles. The lowest BCUT2D eigenvalue weighted by Gasteiger charge is -2.07. The van der Waals surface area contributed by atoms with Crippen LogP contribution in [0.3, 0.4) is 0 Å². The maximum Gasteiger partial charge on any atom is 0.233 e. The molecular weight excluding hydrogens is 290 g/mol. The van der Waals surface area contributed by atoms with Crippen LogP contribution < -0.4 is 10.6 Å². The molecule has 0 aliphatic heterocycles. The van der Waals surface area contributed by atoms with Gasteiger partial charge in [-0.1, -0.05) is 18.2 Å². The number of halogens is 2. The molecule has 0 aliphatic carbocycles. The third-order valence-electron chi connectivity index (χ3n) is 2.83. The number of nitrogens with one attached hydrogen (secondary N) is 2. The second kappa shape index (κ2) is 7.31. The molecule has 0 bridgehead atoms. The molecule has 0 aromatic heterocycles. The van der Waals surface area contributed by atoms with E-state index in [9.17, 15) is 18.4 Å². The lowest BCUT2D eigenvalue weighted by atomic mass is 10.2. The van der Waals surface area contributed by atoms with Gasteiger partial charge in [-0.15, -0.1) is 0 Å². The van der Waals surface area contributed by atoms with Gasteiger partial charge in [0, 0.05) is 12.2 Å². The number of hydrogen-bond acceptors (Lipinski definition) is 2. The molecule has 0 spiro atoms. The van der Waals surface area contributed by atoms with E-state index in [1.807, 2.05) is 0 Å². The van der Waals surface area contributed by atoms with Crippen LogP contribution in [0.2, 0.25) is 0 Å². The summed E-state index contributed by atoms with van der Waals surface area (Å²) in [7, 11) is 0. The Labute approximate surface area is 126 Å². The summed E-state index contributed by atoms with van der Waals surface area (Å²) in [5, 5.41) is 4.98. The Kier molecular flexibility index (Phi) is 5.19. The van der Waals surface area contributed by atoms with Gasteiger partial charge >= 0.3 is 0 Å². The van der Waals surface area contributed by atoms with Crippen molar-refractivity contribution >= 4 is 17.5 Å². The Morgan fingerprint density at radius 3 is 2.32 bits per heavy atom. The van der Waals surface area contributed by atoms with Gasteiger partial charge in [-0.25, -0.2) is 8.78 Å². The van der Waals surface area contributed by atoms with Gasteiger partial charge in [-0.05, 0) is 35.9 Å². The van der Waals surface area contributed by atoms with Crippen molar-refractivity contribution in [3.05, 3.63) is 65.7 Å². The summed E-state index contributed by atoms with van der Waals surface area (Å²) in [6.45, 7) is 0.201. The van der Waals surface area contributed by atoms with Gasteiger partial charge in [0.25, 0.3) is 0 Å². The van der Waals surface area contributed by atoms with Crippen LogP contribution in [-0.4, -0.2) is 11.8 Å². The van der Waals surface area contributed by atoms with E-state index >= 15 is 0 Å². The van der Waals surface area contributed by atoms with Gasteiger partial charge in [0.1, 0.15) is 18.1 Å². The summed E-state index contributed by atoms with van der Waals surface area (Å²) in [4.78, 5) is 23.3. The summed E-state index contributed by atoms with van der Waals surface area (Å²) < 4.78 is 25.7. The topological polar surface area (TPSA) is 58.2 Å². The van der Waals surface area contributed by atoms with Crippen molar-refractivity contribution in [2.45, 2.75) is 13.0 Å². The minimum absolute atomic E-state index is 0.201. The minimum Gasteiger partial charge on any atom is -0.352 e. The number of anilines is 1. The zero-order valence-corrected chi connectivity index (χ0v) is 11.6. The Bertz CT molecular complexity index is 672. The van der Waals surface area contributed by atoms with E-state index in [-0.39, 0.29) is 24.5 Å². The Morgan fingerprint density at radius 1 is 0.909 bits per heavy atom. The van der Waals surface area contributed by atoms with Gasteiger partial charge in [0.05, 0.1) is 0 Å². The maximum absolute atomic E-state index is 13.0.